The molecule has 0 saturated carbocycles. The second-order valence-corrected chi connectivity index (χ2v) is 5.09. The number of hydrogen-bond acceptors (Lipinski definition) is 3. The number of fused-ring (bicyclic) bond motifs is 2. The molecule has 3 nitrogen and oxygen atoms in total. The predicted octanol–water partition coefficient (Wildman–Crippen LogP) is 5.07. The topological polar surface area (TPSA) is 29.5 Å². The van der Waals surface area contributed by atoms with Gasteiger partial charge in [-0.05, 0) is 42.5 Å². The van der Waals surface area contributed by atoms with Crippen LogP contribution in [0, 0.1) is 0 Å². The number of anilines is 3. The van der Waals surface area contributed by atoms with Crippen LogP contribution in [0.5, 0.6) is 11.5 Å². The van der Waals surface area contributed by atoms with Gasteiger partial charge in [-0.3, -0.25) is 4.79 Å². The smallest absolute Gasteiger partial charge is 0.152 e. The van der Waals surface area contributed by atoms with Crippen LogP contribution >= 0.6 is 0 Å². The Labute approximate surface area is 128 Å². The molecule has 0 unspecified atom stereocenters. The molecule has 0 saturated heterocycles. The minimum absolute atomic E-state index is 0.603. The number of carbonyl (C=O) groups excluding carboxylic acids is 1. The molecule has 3 aromatic carbocycles. The number of para-hydroxylation sites is 3. The number of benzene rings is 3. The molecule has 3 aromatic rings. The van der Waals surface area contributed by atoms with Crippen LogP contribution in [-0.4, -0.2) is 6.29 Å². The van der Waals surface area contributed by atoms with Crippen molar-refractivity contribution >= 4 is 23.3 Å². The second kappa shape index (κ2) is 5.04. The van der Waals surface area contributed by atoms with Gasteiger partial charge >= 0.3 is 0 Å². The van der Waals surface area contributed by atoms with Crippen molar-refractivity contribution < 1.29 is 9.53 Å². The third-order valence-corrected chi connectivity index (χ3v) is 3.70. The molecule has 22 heavy (non-hydrogen) atoms. The first-order valence-corrected chi connectivity index (χ1v) is 7.08. The zero-order chi connectivity index (χ0) is 14.9. The first kappa shape index (κ1) is 12.7. The van der Waals surface area contributed by atoms with Crippen molar-refractivity contribution in [2.24, 2.45) is 0 Å². The van der Waals surface area contributed by atoms with Gasteiger partial charge in [0.05, 0.1) is 11.4 Å². The van der Waals surface area contributed by atoms with Gasteiger partial charge in [-0.1, -0.05) is 30.3 Å². The average Bonchev–Trinajstić information content (AvgIpc) is 2.59. The summed E-state index contributed by atoms with van der Waals surface area (Å²) in [6.07, 6.45) is 0.830. The monoisotopic (exact) mass is 287 g/mol. The Balaban J connectivity index is 1.96. The Bertz CT molecular complexity index is 843. The van der Waals surface area contributed by atoms with Crippen LogP contribution in [0.25, 0.3) is 0 Å². The minimum Gasteiger partial charge on any atom is -0.453 e. The highest BCUT2D eigenvalue weighted by molar-refractivity contribution is 5.88. The highest BCUT2D eigenvalue weighted by Gasteiger charge is 2.25. The lowest BCUT2D eigenvalue weighted by Gasteiger charge is -2.32. The molecule has 0 aromatic heterocycles. The van der Waals surface area contributed by atoms with Gasteiger partial charge in [0, 0.05) is 11.3 Å². The Morgan fingerprint density at radius 2 is 1.50 bits per heavy atom. The van der Waals surface area contributed by atoms with E-state index in [0.717, 1.165) is 29.1 Å². The van der Waals surface area contributed by atoms with Gasteiger partial charge in [0.2, 0.25) is 0 Å². The molecule has 0 aliphatic carbocycles. The van der Waals surface area contributed by atoms with Gasteiger partial charge in [-0.15, -0.1) is 0 Å². The van der Waals surface area contributed by atoms with E-state index in [1.807, 2.05) is 48.5 Å². The summed E-state index contributed by atoms with van der Waals surface area (Å²) in [5, 5.41) is 0. The molecule has 1 aliphatic heterocycles. The van der Waals surface area contributed by atoms with Crippen LogP contribution in [0.1, 0.15) is 10.4 Å². The van der Waals surface area contributed by atoms with E-state index in [-0.39, 0.29) is 0 Å². The first-order valence-electron chi connectivity index (χ1n) is 7.08. The molecule has 3 heteroatoms. The summed E-state index contributed by atoms with van der Waals surface area (Å²) < 4.78 is 5.97. The number of rotatable bonds is 2. The quantitative estimate of drug-likeness (QED) is 0.482. The summed E-state index contributed by atoms with van der Waals surface area (Å²) in [6.45, 7) is 0. The van der Waals surface area contributed by atoms with E-state index < -0.39 is 0 Å². The van der Waals surface area contributed by atoms with Gasteiger partial charge in [0.15, 0.2) is 11.5 Å². The van der Waals surface area contributed by atoms with Crippen LogP contribution in [0.4, 0.5) is 17.1 Å². The van der Waals surface area contributed by atoms with Gasteiger partial charge in [-0.2, -0.15) is 0 Å². The fraction of sp³-hybridized carbons (Fsp3) is 0. The third kappa shape index (κ3) is 1.95. The van der Waals surface area contributed by atoms with Gasteiger partial charge in [0.1, 0.15) is 6.29 Å². The number of nitrogens with zero attached hydrogens (tertiary/aromatic N) is 1. The SMILES string of the molecule is O=Cc1ccc2c(c1)Oc1ccccc1N2c1ccccc1. The van der Waals surface area contributed by atoms with Gasteiger partial charge in [0.25, 0.3) is 0 Å². The second-order valence-electron chi connectivity index (χ2n) is 5.09. The maximum atomic E-state index is 11.0. The molecule has 0 fully saturated rings. The third-order valence-electron chi connectivity index (χ3n) is 3.70. The molecule has 0 bridgehead atoms. The van der Waals surface area contributed by atoms with Crippen molar-refractivity contribution in [3.63, 3.8) is 0 Å². The molecule has 0 atom stereocenters. The van der Waals surface area contributed by atoms with Crippen LogP contribution in [0.15, 0.2) is 72.8 Å². The van der Waals surface area contributed by atoms with Crippen molar-refractivity contribution in [3.8, 4) is 11.5 Å². The largest absolute Gasteiger partial charge is 0.453 e. The normalized spacial score (nSPS) is 12.1. The Kier molecular flexibility index (Phi) is 2.90. The zero-order valence-corrected chi connectivity index (χ0v) is 11.8. The number of aldehydes is 1. The van der Waals surface area contributed by atoms with Crippen molar-refractivity contribution in [2.75, 3.05) is 4.90 Å². The molecule has 106 valence electrons. The van der Waals surface area contributed by atoms with Gasteiger partial charge in [-0.25, -0.2) is 0 Å². The van der Waals surface area contributed by atoms with E-state index >= 15 is 0 Å². The lowest BCUT2D eigenvalue weighted by atomic mass is 10.1. The van der Waals surface area contributed by atoms with Crippen molar-refractivity contribution in [3.05, 3.63) is 78.4 Å². The number of carbonyl (C=O) groups is 1. The molecule has 1 heterocycles. The zero-order valence-electron chi connectivity index (χ0n) is 11.8. The predicted molar refractivity (Wildman–Crippen MR) is 86.6 cm³/mol. The molecule has 4 rings (SSSR count). The number of ether oxygens (including phenoxy) is 1. The summed E-state index contributed by atoms with van der Waals surface area (Å²) in [6, 6.07) is 23.5. The highest BCUT2D eigenvalue weighted by atomic mass is 16.5. The maximum Gasteiger partial charge on any atom is 0.152 e. The minimum atomic E-state index is 0.603. The van der Waals surface area contributed by atoms with E-state index in [1.165, 1.54) is 0 Å². The fourth-order valence-electron chi connectivity index (χ4n) is 2.70. The van der Waals surface area contributed by atoms with E-state index in [1.54, 1.807) is 12.1 Å². The molecule has 0 spiro atoms. The van der Waals surface area contributed by atoms with Crippen LogP contribution in [0.3, 0.4) is 0 Å². The maximum absolute atomic E-state index is 11.0. The van der Waals surface area contributed by atoms with Crippen molar-refractivity contribution in [1.82, 2.24) is 0 Å². The van der Waals surface area contributed by atoms with Crippen LogP contribution in [0.2, 0.25) is 0 Å². The first-order chi connectivity index (χ1) is 10.9. The lowest BCUT2D eigenvalue weighted by Crippen LogP contribution is -2.15. The molecule has 1 aliphatic rings. The number of hydrogen-bond donors (Lipinski definition) is 0. The summed E-state index contributed by atoms with van der Waals surface area (Å²) in [7, 11) is 0. The Morgan fingerprint density at radius 3 is 2.32 bits per heavy atom. The fourth-order valence-corrected chi connectivity index (χ4v) is 2.70. The van der Waals surface area contributed by atoms with E-state index in [4.69, 9.17) is 4.74 Å². The van der Waals surface area contributed by atoms with E-state index in [2.05, 4.69) is 17.0 Å². The Hall–Kier alpha value is -3.07. The summed E-state index contributed by atoms with van der Waals surface area (Å²) >= 11 is 0. The highest BCUT2D eigenvalue weighted by Crippen LogP contribution is 2.50. The summed E-state index contributed by atoms with van der Waals surface area (Å²) in [5.41, 5.74) is 3.57. The standard InChI is InChI=1S/C19H13NO2/c21-13-14-10-11-17-19(12-14)22-18-9-5-4-8-16(18)20(17)15-6-2-1-3-7-15/h1-13H. The van der Waals surface area contributed by atoms with Crippen LogP contribution in [-0.2, 0) is 0 Å². The van der Waals surface area contributed by atoms with Crippen molar-refractivity contribution in [2.45, 2.75) is 0 Å². The van der Waals surface area contributed by atoms with Crippen molar-refractivity contribution in [1.29, 1.82) is 0 Å². The van der Waals surface area contributed by atoms with Crippen LogP contribution < -0.4 is 9.64 Å². The van der Waals surface area contributed by atoms with E-state index in [9.17, 15) is 4.79 Å². The van der Waals surface area contributed by atoms with E-state index in [0.29, 0.717) is 11.3 Å². The molecular weight excluding hydrogens is 274 g/mol. The molecule has 0 N–H and O–H groups in total. The average molecular weight is 287 g/mol. The summed E-state index contributed by atoms with van der Waals surface area (Å²) in [4.78, 5) is 13.2. The molecular formula is C19H13NO2. The molecule has 0 radical (unpaired) electrons. The van der Waals surface area contributed by atoms with Gasteiger partial charge < -0.3 is 9.64 Å². The summed E-state index contributed by atoms with van der Waals surface area (Å²) in [5.74, 6) is 1.47. The Morgan fingerprint density at radius 1 is 0.773 bits per heavy atom. The lowest BCUT2D eigenvalue weighted by molar-refractivity contribution is 0.112. The molecule has 0 amide bonds.